The Morgan fingerprint density at radius 1 is 1.10 bits per heavy atom. The van der Waals surface area contributed by atoms with Crippen molar-refractivity contribution in [1.29, 1.82) is 0 Å². The minimum absolute atomic E-state index is 0.0488. The highest BCUT2D eigenvalue weighted by atomic mass is 32.2. The quantitative estimate of drug-likeness (QED) is 0.374. The molecular formula is C25H27F3N8O3S. The molecule has 0 unspecified atom stereocenters. The van der Waals surface area contributed by atoms with Gasteiger partial charge in [-0.2, -0.15) is 22.6 Å². The SMILES string of the molecule is CCc1nc2ncc(C)cn2c1C(=O)NC(C)(C)c1ccc(-c2nc3n(n2)CCN(S(=O)(=O)C(F)(F)F)C3)cc1. The third-order valence-electron chi connectivity index (χ3n) is 6.78. The summed E-state index contributed by atoms with van der Waals surface area (Å²) >= 11 is 0. The highest BCUT2D eigenvalue weighted by Crippen LogP contribution is 2.30. The number of aromatic nitrogens is 6. The molecular weight excluding hydrogens is 549 g/mol. The first kappa shape index (κ1) is 27.7. The van der Waals surface area contributed by atoms with Crippen LogP contribution in [0, 0.1) is 6.92 Å². The number of carbonyl (C=O) groups excluding carboxylic acids is 1. The van der Waals surface area contributed by atoms with Crippen molar-refractivity contribution in [2.45, 2.75) is 58.3 Å². The number of aryl methyl sites for hydroxylation is 2. The third kappa shape index (κ3) is 4.83. The number of hydrogen-bond donors (Lipinski definition) is 1. The Hall–Kier alpha value is -3.85. The lowest BCUT2D eigenvalue weighted by atomic mass is 9.93. The van der Waals surface area contributed by atoms with Gasteiger partial charge in [-0.3, -0.25) is 9.20 Å². The fourth-order valence-electron chi connectivity index (χ4n) is 4.60. The Bertz CT molecular complexity index is 1710. The summed E-state index contributed by atoms with van der Waals surface area (Å²) in [7, 11) is -5.46. The van der Waals surface area contributed by atoms with Crippen LogP contribution < -0.4 is 5.32 Å². The summed E-state index contributed by atoms with van der Waals surface area (Å²) in [5.74, 6) is 0.530. The molecule has 0 atom stereocenters. The van der Waals surface area contributed by atoms with Crippen molar-refractivity contribution >= 4 is 21.7 Å². The number of nitrogens with zero attached hydrogens (tertiary/aromatic N) is 7. The van der Waals surface area contributed by atoms with Gasteiger partial charge in [0.05, 0.1) is 24.3 Å². The average Bonchev–Trinajstić information content (AvgIpc) is 3.48. The number of sulfonamides is 1. The standard InChI is InChI=1S/C25H27F3N8O3S/c1-5-18-20(35-13-15(2)12-29-23(35)30-18)22(37)32-24(3,4)17-8-6-16(7-9-17)21-31-19-14-34(10-11-36(19)33-21)40(38,39)25(26,27)28/h6-9,12-13H,5,10-11,14H2,1-4H3,(H,32,37). The van der Waals surface area contributed by atoms with Gasteiger partial charge in [0.25, 0.3) is 5.91 Å². The minimum atomic E-state index is -5.46. The normalized spacial score (nSPS) is 14.9. The van der Waals surface area contributed by atoms with E-state index in [2.05, 4.69) is 25.4 Å². The molecule has 1 N–H and O–H groups in total. The summed E-state index contributed by atoms with van der Waals surface area (Å²) in [6, 6.07) is 7.09. The van der Waals surface area contributed by atoms with Crippen molar-refractivity contribution in [3.8, 4) is 11.4 Å². The largest absolute Gasteiger partial charge is 0.511 e. The molecule has 0 bridgehead atoms. The van der Waals surface area contributed by atoms with E-state index in [1.165, 1.54) is 4.68 Å². The van der Waals surface area contributed by atoms with E-state index in [9.17, 15) is 26.4 Å². The number of amides is 1. The van der Waals surface area contributed by atoms with Crippen LogP contribution in [0.3, 0.4) is 0 Å². The third-order valence-corrected chi connectivity index (χ3v) is 8.36. The van der Waals surface area contributed by atoms with E-state index in [0.29, 0.717) is 33.5 Å². The first-order valence-corrected chi connectivity index (χ1v) is 13.9. The summed E-state index contributed by atoms with van der Waals surface area (Å²) in [6.07, 6.45) is 4.07. The Kier molecular flexibility index (Phi) is 6.69. The zero-order valence-electron chi connectivity index (χ0n) is 22.2. The molecule has 1 aromatic carbocycles. The molecule has 1 aliphatic rings. The summed E-state index contributed by atoms with van der Waals surface area (Å²) < 4.78 is 66.0. The van der Waals surface area contributed by atoms with E-state index in [-0.39, 0.29) is 30.6 Å². The molecule has 0 aliphatic carbocycles. The second kappa shape index (κ2) is 9.66. The molecule has 0 saturated carbocycles. The molecule has 15 heteroatoms. The number of nitrogens with one attached hydrogen (secondary N) is 1. The first-order chi connectivity index (χ1) is 18.7. The summed E-state index contributed by atoms with van der Waals surface area (Å²) in [5, 5.41) is 7.42. The first-order valence-electron chi connectivity index (χ1n) is 12.5. The monoisotopic (exact) mass is 576 g/mol. The molecule has 0 radical (unpaired) electrons. The molecule has 40 heavy (non-hydrogen) atoms. The maximum Gasteiger partial charge on any atom is 0.511 e. The molecule has 1 amide bonds. The topological polar surface area (TPSA) is 127 Å². The van der Waals surface area contributed by atoms with Crippen molar-refractivity contribution < 1.29 is 26.4 Å². The smallest absolute Gasteiger partial charge is 0.342 e. The van der Waals surface area contributed by atoms with Crippen molar-refractivity contribution in [2.24, 2.45) is 0 Å². The molecule has 212 valence electrons. The van der Waals surface area contributed by atoms with Crippen LogP contribution in [0.25, 0.3) is 17.2 Å². The maximum absolute atomic E-state index is 13.4. The van der Waals surface area contributed by atoms with Gasteiger partial charge in [-0.05, 0) is 38.3 Å². The highest BCUT2D eigenvalue weighted by Gasteiger charge is 2.50. The molecule has 0 fully saturated rings. The fraction of sp³-hybridized carbons (Fsp3) is 0.400. The predicted molar refractivity (Wildman–Crippen MR) is 138 cm³/mol. The molecule has 0 saturated heterocycles. The highest BCUT2D eigenvalue weighted by molar-refractivity contribution is 7.89. The molecule has 1 aliphatic heterocycles. The van der Waals surface area contributed by atoms with Crippen molar-refractivity contribution in [3.63, 3.8) is 0 Å². The Balaban J connectivity index is 1.35. The zero-order valence-corrected chi connectivity index (χ0v) is 23.0. The van der Waals surface area contributed by atoms with Gasteiger partial charge >= 0.3 is 15.5 Å². The van der Waals surface area contributed by atoms with Crippen LogP contribution in [0.2, 0.25) is 0 Å². The Morgan fingerprint density at radius 2 is 1.80 bits per heavy atom. The van der Waals surface area contributed by atoms with E-state index in [0.717, 1.165) is 11.1 Å². The Labute approximate surface area is 228 Å². The van der Waals surface area contributed by atoms with Crippen molar-refractivity contribution in [3.05, 3.63) is 65.0 Å². The van der Waals surface area contributed by atoms with Gasteiger partial charge in [-0.15, -0.1) is 0 Å². The Morgan fingerprint density at radius 3 is 2.45 bits per heavy atom. The summed E-state index contributed by atoms with van der Waals surface area (Å²) in [4.78, 5) is 26.5. The van der Waals surface area contributed by atoms with Crippen LogP contribution in [0.4, 0.5) is 13.2 Å². The molecule has 4 aromatic rings. The van der Waals surface area contributed by atoms with E-state index < -0.39 is 27.6 Å². The van der Waals surface area contributed by atoms with Crippen LogP contribution in [-0.2, 0) is 35.1 Å². The number of rotatable bonds is 6. The van der Waals surface area contributed by atoms with Crippen LogP contribution in [-0.4, -0.2) is 59.8 Å². The van der Waals surface area contributed by atoms with Crippen LogP contribution >= 0.6 is 0 Å². The number of halogens is 3. The lowest BCUT2D eigenvalue weighted by Crippen LogP contribution is -2.44. The number of alkyl halides is 3. The number of imidazole rings is 1. The predicted octanol–water partition coefficient (Wildman–Crippen LogP) is 3.19. The van der Waals surface area contributed by atoms with E-state index >= 15 is 0 Å². The fourth-order valence-corrected chi connectivity index (χ4v) is 5.50. The van der Waals surface area contributed by atoms with Crippen molar-refractivity contribution in [2.75, 3.05) is 6.54 Å². The van der Waals surface area contributed by atoms with Gasteiger partial charge in [0.15, 0.2) is 5.82 Å². The average molecular weight is 577 g/mol. The molecule has 11 nitrogen and oxygen atoms in total. The lowest BCUT2D eigenvalue weighted by molar-refractivity contribution is -0.0496. The molecule has 0 spiro atoms. The van der Waals surface area contributed by atoms with Crippen molar-refractivity contribution in [1.82, 2.24) is 38.8 Å². The molecule has 4 heterocycles. The van der Waals surface area contributed by atoms with Crippen LogP contribution in [0.15, 0.2) is 36.7 Å². The number of benzene rings is 1. The summed E-state index contributed by atoms with van der Waals surface area (Å²) in [6.45, 7) is 6.60. The number of carbonyl (C=O) groups is 1. The van der Waals surface area contributed by atoms with Gasteiger partial charge in [0, 0.05) is 24.5 Å². The minimum Gasteiger partial charge on any atom is -0.342 e. The van der Waals surface area contributed by atoms with Gasteiger partial charge in [0.2, 0.25) is 5.78 Å². The van der Waals surface area contributed by atoms with Gasteiger partial charge in [0.1, 0.15) is 11.5 Å². The van der Waals surface area contributed by atoms with E-state index in [1.807, 2.05) is 33.9 Å². The zero-order chi connectivity index (χ0) is 29.0. The van der Waals surface area contributed by atoms with Gasteiger partial charge in [-0.25, -0.2) is 28.1 Å². The summed E-state index contributed by atoms with van der Waals surface area (Å²) in [5.41, 5.74) is -2.83. The van der Waals surface area contributed by atoms with E-state index in [4.69, 9.17) is 0 Å². The van der Waals surface area contributed by atoms with Gasteiger partial charge in [-0.1, -0.05) is 31.2 Å². The lowest BCUT2D eigenvalue weighted by Gasteiger charge is -2.27. The van der Waals surface area contributed by atoms with Crippen LogP contribution in [0.5, 0.6) is 0 Å². The number of fused-ring (bicyclic) bond motifs is 2. The second-order valence-corrected chi connectivity index (χ2v) is 12.0. The maximum atomic E-state index is 13.4. The van der Waals surface area contributed by atoms with Crippen LogP contribution in [0.1, 0.15) is 53.9 Å². The van der Waals surface area contributed by atoms with Gasteiger partial charge < -0.3 is 5.32 Å². The molecule has 5 rings (SSSR count). The number of hydrogen-bond acceptors (Lipinski definition) is 7. The van der Waals surface area contributed by atoms with E-state index in [1.54, 1.807) is 34.9 Å². The molecule has 3 aromatic heterocycles. The second-order valence-electron chi connectivity index (χ2n) is 10.1.